The molecule has 0 saturated carbocycles. The topological polar surface area (TPSA) is 55.1 Å². The van der Waals surface area contributed by atoms with Crippen molar-refractivity contribution in [2.75, 3.05) is 5.32 Å². The normalized spacial score (nSPS) is 13.7. The molecule has 1 amide bonds. The molecule has 0 aromatic heterocycles. The van der Waals surface area contributed by atoms with Crippen LogP contribution in [0.15, 0.2) is 16.6 Å². The standard InChI is InChI=1S/C14H19BrN2OS/c1-5-14(4,12(16)19)13(18)17-11-8(2)6-10(15)7-9(11)3/h6-7H,5H2,1-4H3,(H2,16,19)(H,17,18). The quantitative estimate of drug-likeness (QED) is 0.820. The Morgan fingerprint density at radius 2 is 1.89 bits per heavy atom. The maximum absolute atomic E-state index is 12.4. The molecular weight excluding hydrogens is 324 g/mol. The van der Waals surface area contributed by atoms with E-state index >= 15 is 0 Å². The SMILES string of the molecule is CCC(C)(C(=O)Nc1c(C)cc(Br)cc1C)C(N)=S. The summed E-state index contributed by atoms with van der Waals surface area (Å²) in [6.45, 7) is 7.59. The lowest BCUT2D eigenvalue weighted by molar-refractivity contribution is -0.121. The van der Waals surface area contributed by atoms with Gasteiger partial charge in [-0.3, -0.25) is 4.79 Å². The molecule has 1 aromatic rings. The fourth-order valence-electron chi connectivity index (χ4n) is 1.81. The Morgan fingerprint density at radius 1 is 1.42 bits per heavy atom. The Morgan fingerprint density at radius 3 is 2.26 bits per heavy atom. The smallest absolute Gasteiger partial charge is 0.237 e. The van der Waals surface area contributed by atoms with Crippen LogP contribution in [0.1, 0.15) is 31.4 Å². The van der Waals surface area contributed by atoms with E-state index in [0.29, 0.717) is 6.42 Å². The Bertz CT molecular complexity index is 507. The number of halogens is 1. The van der Waals surface area contributed by atoms with Crippen molar-refractivity contribution in [1.82, 2.24) is 0 Å². The van der Waals surface area contributed by atoms with Crippen molar-refractivity contribution in [2.24, 2.45) is 11.1 Å². The average Bonchev–Trinajstić information content (AvgIpc) is 2.31. The number of benzene rings is 1. The Kier molecular flexibility index (Phi) is 5.10. The molecule has 1 rings (SSSR count). The molecule has 0 bridgehead atoms. The summed E-state index contributed by atoms with van der Waals surface area (Å²) in [6.07, 6.45) is 0.572. The van der Waals surface area contributed by atoms with Crippen LogP contribution in [-0.4, -0.2) is 10.9 Å². The lowest BCUT2D eigenvalue weighted by Gasteiger charge is -2.26. The summed E-state index contributed by atoms with van der Waals surface area (Å²) in [6, 6.07) is 3.93. The van der Waals surface area contributed by atoms with Gasteiger partial charge in [0, 0.05) is 10.2 Å². The Hall–Kier alpha value is -0.940. The second-order valence-electron chi connectivity index (χ2n) is 4.92. The monoisotopic (exact) mass is 342 g/mol. The minimum atomic E-state index is -0.818. The van der Waals surface area contributed by atoms with Crippen LogP contribution in [0.2, 0.25) is 0 Å². The van der Waals surface area contributed by atoms with Crippen molar-refractivity contribution < 1.29 is 4.79 Å². The van der Waals surface area contributed by atoms with E-state index in [9.17, 15) is 4.79 Å². The first-order chi connectivity index (χ1) is 8.72. The highest BCUT2D eigenvalue weighted by molar-refractivity contribution is 9.10. The van der Waals surface area contributed by atoms with Crippen LogP contribution in [0.4, 0.5) is 5.69 Å². The van der Waals surface area contributed by atoms with Gasteiger partial charge in [-0.25, -0.2) is 0 Å². The molecule has 1 unspecified atom stereocenters. The maximum Gasteiger partial charge on any atom is 0.237 e. The second-order valence-corrected chi connectivity index (χ2v) is 6.27. The molecule has 0 fully saturated rings. The molecule has 0 aliphatic heterocycles. The number of hydrogen-bond acceptors (Lipinski definition) is 2. The van der Waals surface area contributed by atoms with Gasteiger partial charge in [-0.05, 0) is 50.5 Å². The summed E-state index contributed by atoms with van der Waals surface area (Å²) < 4.78 is 0.994. The van der Waals surface area contributed by atoms with Crippen LogP contribution in [-0.2, 0) is 4.79 Å². The van der Waals surface area contributed by atoms with E-state index in [2.05, 4.69) is 21.2 Å². The van der Waals surface area contributed by atoms with Crippen LogP contribution >= 0.6 is 28.1 Å². The number of hydrogen-bond donors (Lipinski definition) is 2. The zero-order valence-corrected chi connectivity index (χ0v) is 14.0. The van der Waals surface area contributed by atoms with Gasteiger partial charge in [-0.1, -0.05) is 35.1 Å². The molecule has 1 atom stereocenters. The molecule has 0 heterocycles. The average molecular weight is 343 g/mol. The van der Waals surface area contributed by atoms with Gasteiger partial charge in [0.15, 0.2) is 0 Å². The highest BCUT2D eigenvalue weighted by Crippen LogP contribution is 2.29. The lowest BCUT2D eigenvalue weighted by atomic mass is 9.86. The maximum atomic E-state index is 12.4. The first-order valence-corrected chi connectivity index (χ1v) is 7.30. The van der Waals surface area contributed by atoms with Crippen LogP contribution in [0.5, 0.6) is 0 Å². The minimum Gasteiger partial charge on any atom is -0.392 e. The Balaban J connectivity index is 3.10. The van der Waals surface area contributed by atoms with E-state index in [1.165, 1.54) is 0 Å². The number of thiocarbonyl (C=S) groups is 1. The zero-order valence-electron chi connectivity index (χ0n) is 11.6. The van der Waals surface area contributed by atoms with E-state index in [1.807, 2.05) is 32.9 Å². The third-order valence-electron chi connectivity index (χ3n) is 3.49. The van der Waals surface area contributed by atoms with Gasteiger partial charge in [0.1, 0.15) is 0 Å². The van der Waals surface area contributed by atoms with Gasteiger partial charge in [0.05, 0.1) is 10.4 Å². The summed E-state index contributed by atoms with van der Waals surface area (Å²) in [4.78, 5) is 12.6. The molecule has 0 aliphatic carbocycles. The van der Waals surface area contributed by atoms with Crippen molar-refractivity contribution in [3.8, 4) is 0 Å². The van der Waals surface area contributed by atoms with Crippen LogP contribution in [0.25, 0.3) is 0 Å². The predicted octanol–water partition coefficient (Wildman–Crippen LogP) is 3.71. The van der Waals surface area contributed by atoms with Gasteiger partial charge >= 0.3 is 0 Å². The molecule has 3 N–H and O–H groups in total. The van der Waals surface area contributed by atoms with Crippen molar-refractivity contribution >= 4 is 44.7 Å². The largest absolute Gasteiger partial charge is 0.392 e. The summed E-state index contributed by atoms with van der Waals surface area (Å²) in [5.41, 5.74) is 7.71. The molecule has 1 aromatic carbocycles. The molecule has 0 spiro atoms. The summed E-state index contributed by atoms with van der Waals surface area (Å²) in [5, 5.41) is 2.95. The number of carbonyl (C=O) groups is 1. The van der Waals surface area contributed by atoms with Gasteiger partial charge in [-0.15, -0.1) is 0 Å². The molecule has 3 nitrogen and oxygen atoms in total. The summed E-state index contributed by atoms with van der Waals surface area (Å²) in [7, 11) is 0. The molecule has 104 valence electrons. The number of nitrogens with two attached hydrogens (primary N) is 1. The highest BCUT2D eigenvalue weighted by Gasteiger charge is 2.34. The molecular formula is C14H19BrN2OS. The third-order valence-corrected chi connectivity index (χ3v) is 4.40. The first kappa shape index (κ1) is 16.1. The van der Waals surface area contributed by atoms with Crippen molar-refractivity contribution in [2.45, 2.75) is 34.1 Å². The van der Waals surface area contributed by atoms with E-state index in [1.54, 1.807) is 6.92 Å². The number of amides is 1. The zero-order chi connectivity index (χ0) is 14.8. The third kappa shape index (κ3) is 3.34. The van der Waals surface area contributed by atoms with Crippen molar-refractivity contribution in [3.05, 3.63) is 27.7 Å². The van der Waals surface area contributed by atoms with E-state index in [4.69, 9.17) is 18.0 Å². The van der Waals surface area contributed by atoms with E-state index < -0.39 is 5.41 Å². The number of carbonyl (C=O) groups excluding carboxylic acids is 1. The molecule has 0 saturated heterocycles. The highest BCUT2D eigenvalue weighted by atomic mass is 79.9. The molecule has 0 aliphatic rings. The molecule has 5 heteroatoms. The van der Waals surface area contributed by atoms with Gasteiger partial charge in [-0.2, -0.15) is 0 Å². The fourth-order valence-corrected chi connectivity index (χ4v) is 2.73. The minimum absolute atomic E-state index is 0.156. The second kappa shape index (κ2) is 6.01. The predicted molar refractivity (Wildman–Crippen MR) is 87.4 cm³/mol. The first-order valence-electron chi connectivity index (χ1n) is 6.10. The Labute approximate surface area is 128 Å². The van der Waals surface area contributed by atoms with Crippen LogP contribution < -0.4 is 11.1 Å². The molecule has 19 heavy (non-hydrogen) atoms. The number of nitrogens with one attached hydrogen (secondary N) is 1. The lowest BCUT2D eigenvalue weighted by Crippen LogP contribution is -2.43. The van der Waals surface area contributed by atoms with Crippen molar-refractivity contribution in [3.63, 3.8) is 0 Å². The van der Waals surface area contributed by atoms with Gasteiger partial charge < -0.3 is 11.1 Å². The van der Waals surface area contributed by atoms with Crippen molar-refractivity contribution in [1.29, 1.82) is 0 Å². The van der Waals surface area contributed by atoms with Crippen LogP contribution in [0, 0.1) is 19.3 Å². The van der Waals surface area contributed by atoms with Gasteiger partial charge in [0.25, 0.3) is 0 Å². The summed E-state index contributed by atoms with van der Waals surface area (Å²) in [5.74, 6) is -0.156. The number of rotatable bonds is 4. The van der Waals surface area contributed by atoms with E-state index in [-0.39, 0.29) is 10.9 Å². The molecule has 0 radical (unpaired) electrons. The van der Waals surface area contributed by atoms with Gasteiger partial charge in [0.2, 0.25) is 5.91 Å². The van der Waals surface area contributed by atoms with Crippen LogP contribution in [0.3, 0.4) is 0 Å². The number of aryl methyl sites for hydroxylation is 2. The summed E-state index contributed by atoms with van der Waals surface area (Å²) >= 11 is 8.45. The number of anilines is 1. The van der Waals surface area contributed by atoms with E-state index in [0.717, 1.165) is 21.3 Å². The fraction of sp³-hybridized carbons (Fsp3) is 0.429.